The lowest BCUT2D eigenvalue weighted by atomic mass is 10.0. The molecule has 0 aliphatic carbocycles. The number of phenolic OH excluding ortho intramolecular Hbond substituents is 1. The summed E-state index contributed by atoms with van der Waals surface area (Å²) in [6, 6.07) is 15.4. The zero-order chi connectivity index (χ0) is 13.0. The number of hydrogen-bond acceptors (Lipinski definition) is 1. The van der Waals surface area contributed by atoms with Crippen LogP contribution >= 0.6 is 11.6 Å². The second-order valence-corrected chi connectivity index (χ2v) is 5.11. The number of halogens is 1. The third-order valence-electron chi connectivity index (χ3n) is 3.54. The van der Waals surface area contributed by atoms with Gasteiger partial charge < -0.3 is 10.1 Å². The van der Waals surface area contributed by atoms with Gasteiger partial charge in [0, 0.05) is 32.2 Å². The van der Waals surface area contributed by atoms with Crippen LogP contribution in [-0.4, -0.2) is 10.1 Å². The second kappa shape index (κ2) is 3.65. The van der Waals surface area contributed by atoms with Crippen LogP contribution in [0.3, 0.4) is 0 Å². The van der Waals surface area contributed by atoms with E-state index in [1.807, 2.05) is 42.5 Å². The number of fused-ring (bicyclic) bond motifs is 5. The normalized spacial score (nSPS) is 11.6. The molecule has 0 unspecified atom stereocenters. The smallest absolute Gasteiger partial charge is 0.124 e. The van der Waals surface area contributed by atoms with Crippen LogP contribution in [0, 0.1) is 0 Å². The number of aromatic amines is 1. The maximum Gasteiger partial charge on any atom is 0.124 e. The average Bonchev–Trinajstić information content (AvgIpc) is 2.77. The van der Waals surface area contributed by atoms with Crippen molar-refractivity contribution >= 4 is 44.2 Å². The Morgan fingerprint density at radius 2 is 1.74 bits per heavy atom. The van der Waals surface area contributed by atoms with Crippen LogP contribution in [0.2, 0.25) is 5.02 Å². The van der Waals surface area contributed by atoms with Crippen molar-refractivity contribution in [1.29, 1.82) is 0 Å². The molecule has 4 aromatic rings. The molecule has 0 saturated heterocycles. The van der Waals surface area contributed by atoms with Crippen LogP contribution in [0.15, 0.2) is 48.5 Å². The van der Waals surface area contributed by atoms with Gasteiger partial charge in [0.2, 0.25) is 0 Å². The molecule has 1 aromatic heterocycles. The largest absolute Gasteiger partial charge is 0.507 e. The maximum absolute atomic E-state index is 10.2. The van der Waals surface area contributed by atoms with Crippen molar-refractivity contribution < 1.29 is 5.11 Å². The molecule has 19 heavy (non-hydrogen) atoms. The Hall–Kier alpha value is -2.19. The number of hydrogen-bond donors (Lipinski definition) is 2. The Labute approximate surface area is 114 Å². The van der Waals surface area contributed by atoms with Crippen LogP contribution in [0.1, 0.15) is 0 Å². The molecule has 0 fully saturated rings. The zero-order valence-electron chi connectivity index (χ0n) is 9.94. The van der Waals surface area contributed by atoms with E-state index in [2.05, 4.69) is 4.98 Å². The molecule has 2 nitrogen and oxygen atoms in total. The SMILES string of the molecule is Oc1cccc2ccc3[nH]c4ccc(Cl)cc4c3c12. The van der Waals surface area contributed by atoms with Crippen molar-refractivity contribution in [3.05, 3.63) is 53.6 Å². The predicted molar refractivity (Wildman–Crippen MR) is 80.0 cm³/mol. The van der Waals surface area contributed by atoms with Gasteiger partial charge in [-0.1, -0.05) is 29.8 Å². The molecule has 4 rings (SSSR count). The molecule has 0 saturated carbocycles. The fourth-order valence-electron chi connectivity index (χ4n) is 2.72. The fraction of sp³-hybridized carbons (Fsp3) is 0. The molecule has 0 spiro atoms. The topological polar surface area (TPSA) is 36.0 Å². The average molecular weight is 268 g/mol. The van der Waals surface area contributed by atoms with Gasteiger partial charge in [0.15, 0.2) is 0 Å². The number of rotatable bonds is 0. The number of benzene rings is 3. The molecule has 0 amide bonds. The lowest BCUT2D eigenvalue weighted by molar-refractivity contribution is 0.482. The van der Waals surface area contributed by atoms with Crippen molar-refractivity contribution in [3.63, 3.8) is 0 Å². The van der Waals surface area contributed by atoms with E-state index in [-0.39, 0.29) is 0 Å². The van der Waals surface area contributed by atoms with Gasteiger partial charge in [0.25, 0.3) is 0 Å². The summed E-state index contributed by atoms with van der Waals surface area (Å²) in [7, 11) is 0. The summed E-state index contributed by atoms with van der Waals surface area (Å²) < 4.78 is 0. The summed E-state index contributed by atoms with van der Waals surface area (Å²) in [6.45, 7) is 0. The first-order valence-corrected chi connectivity index (χ1v) is 6.43. The summed E-state index contributed by atoms with van der Waals surface area (Å²) in [6.07, 6.45) is 0. The first kappa shape index (κ1) is 10.7. The molecular formula is C16H10ClNO. The number of aromatic nitrogens is 1. The number of H-pyrrole nitrogens is 1. The highest BCUT2D eigenvalue weighted by Crippen LogP contribution is 2.37. The first-order chi connectivity index (χ1) is 9.24. The summed E-state index contributed by atoms with van der Waals surface area (Å²) in [5, 5.41) is 14.8. The van der Waals surface area contributed by atoms with Crippen LogP contribution in [0.5, 0.6) is 5.75 Å². The summed E-state index contributed by atoms with van der Waals surface area (Å²) in [5.74, 6) is 0.295. The molecule has 0 atom stereocenters. The standard InChI is InChI=1S/C16H10ClNO/c17-10-5-7-12-11(8-10)16-13(18-12)6-4-9-2-1-3-14(19)15(9)16/h1-8,18-19H. The molecule has 2 N–H and O–H groups in total. The summed E-state index contributed by atoms with van der Waals surface area (Å²) >= 11 is 6.09. The molecule has 0 aliphatic heterocycles. The second-order valence-electron chi connectivity index (χ2n) is 4.68. The minimum atomic E-state index is 0.295. The lowest BCUT2D eigenvalue weighted by Gasteiger charge is -2.03. The van der Waals surface area contributed by atoms with Gasteiger partial charge in [-0.05, 0) is 35.7 Å². The van der Waals surface area contributed by atoms with E-state index in [0.29, 0.717) is 10.8 Å². The Morgan fingerprint density at radius 3 is 2.63 bits per heavy atom. The highest BCUT2D eigenvalue weighted by molar-refractivity contribution is 6.32. The molecule has 0 bridgehead atoms. The quantitative estimate of drug-likeness (QED) is 0.470. The number of aromatic hydroxyl groups is 1. The van der Waals surface area contributed by atoms with Crippen molar-refractivity contribution in [2.45, 2.75) is 0 Å². The Bertz CT molecular complexity index is 940. The van der Waals surface area contributed by atoms with E-state index in [1.165, 1.54) is 0 Å². The third kappa shape index (κ3) is 1.44. The minimum absolute atomic E-state index is 0.295. The predicted octanol–water partition coefficient (Wildman–Crippen LogP) is 4.83. The monoisotopic (exact) mass is 267 g/mol. The Kier molecular flexibility index (Phi) is 2.06. The lowest BCUT2D eigenvalue weighted by Crippen LogP contribution is -1.76. The minimum Gasteiger partial charge on any atom is -0.507 e. The van der Waals surface area contributed by atoms with Crippen molar-refractivity contribution in [3.8, 4) is 5.75 Å². The molecule has 3 aromatic carbocycles. The van der Waals surface area contributed by atoms with Gasteiger partial charge in [-0.3, -0.25) is 0 Å². The zero-order valence-corrected chi connectivity index (χ0v) is 10.7. The van der Waals surface area contributed by atoms with Crippen molar-refractivity contribution in [2.75, 3.05) is 0 Å². The van der Waals surface area contributed by atoms with Crippen molar-refractivity contribution in [2.24, 2.45) is 0 Å². The molecule has 0 radical (unpaired) electrons. The van der Waals surface area contributed by atoms with Gasteiger partial charge in [-0.2, -0.15) is 0 Å². The van der Waals surface area contributed by atoms with Gasteiger partial charge >= 0.3 is 0 Å². The molecular weight excluding hydrogens is 258 g/mol. The van der Waals surface area contributed by atoms with E-state index >= 15 is 0 Å². The van der Waals surface area contributed by atoms with Crippen LogP contribution in [0.25, 0.3) is 32.6 Å². The summed E-state index contributed by atoms with van der Waals surface area (Å²) in [5.41, 5.74) is 2.03. The van der Waals surface area contributed by atoms with Crippen LogP contribution < -0.4 is 0 Å². The number of nitrogens with one attached hydrogen (secondary N) is 1. The van der Waals surface area contributed by atoms with Gasteiger partial charge in [0.1, 0.15) is 5.75 Å². The van der Waals surface area contributed by atoms with Crippen LogP contribution in [0.4, 0.5) is 0 Å². The molecule has 92 valence electrons. The molecule has 3 heteroatoms. The van der Waals surface area contributed by atoms with Gasteiger partial charge in [-0.25, -0.2) is 0 Å². The Morgan fingerprint density at radius 1 is 0.895 bits per heavy atom. The van der Waals surface area contributed by atoms with E-state index < -0.39 is 0 Å². The molecule has 1 heterocycles. The fourth-order valence-corrected chi connectivity index (χ4v) is 2.89. The highest BCUT2D eigenvalue weighted by Gasteiger charge is 2.11. The maximum atomic E-state index is 10.2. The van der Waals surface area contributed by atoms with Crippen LogP contribution in [-0.2, 0) is 0 Å². The van der Waals surface area contributed by atoms with Crippen molar-refractivity contribution in [1.82, 2.24) is 4.98 Å². The Balaban J connectivity index is 2.37. The molecule has 0 aliphatic rings. The third-order valence-corrected chi connectivity index (χ3v) is 3.78. The number of phenols is 1. The van der Waals surface area contributed by atoms with Gasteiger partial charge in [0.05, 0.1) is 0 Å². The van der Waals surface area contributed by atoms with Gasteiger partial charge in [-0.15, -0.1) is 0 Å². The first-order valence-electron chi connectivity index (χ1n) is 6.06. The van der Waals surface area contributed by atoms with E-state index in [4.69, 9.17) is 11.6 Å². The van der Waals surface area contributed by atoms with E-state index in [9.17, 15) is 5.11 Å². The highest BCUT2D eigenvalue weighted by atomic mass is 35.5. The van der Waals surface area contributed by atoms with E-state index in [1.54, 1.807) is 6.07 Å². The summed E-state index contributed by atoms with van der Waals surface area (Å²) in [4.78, 5) is 3.35. The van der Waals surface area contributed by atoms with E-state index in [0.717, 1.165) is 32.6 Å².